The van der Waals surface area contributed by atoms with E-state index < -0.39 is 0 Å². The van der Waals surface area contributed by atoms with Crippen molar-refractivity contribution in [2.75, 3.05) is 7.11 Å². The molecule has 0 radical (unpaired) electrons. The summed E-state index contributed by atoms with van der Waals surface area (Å²) < 4.78 is 18.7. The van der Waals surface area contributed by atoms with Crippen LogP contribution in [-0.2, 0) is 0 Å². The van der Waals surface area contributed by atoms with E-state index in [1.54, 1.807) is 12.1 Å². The van der Waals surface area contributed by atoms with Gasteiger partial charge in [0.15, 0.2) is 0 Å². The molecule has 0 saturated heterocycles. The molecule has 1 aromatic carbocycles. The maximum atomic E-state index is 13.7. The predicted octanol–water partition coefficient (Wildman–Crippen LogP) is 2.38. The third-order valence-electron chi connectivity index (χ3n) is 2.49. The minimum atomic E-state index is -0.289. The predicted molar refractivity (Wildman–Crippen MR) is 62.5 cm³/mol. The van der Waals surface area contributed by atoms with Crippen molar-refractivity contribution in [2.45, 2.75) is 26.3 Å². The molecule has 0 aliphatic heterocycles. The lowest BCUT2D eigenvalue weighted by Crippen LogP contribution is -2.29. The van der Waals surface area contributed by atoms with Crippen molar-refractivity contribution in [3.63, 3.8) is 0 Å². The Morgan fingerprint density at radius 1 is 1.44 bits per heavy atom. The molecule has 3 nitrogen and oxygen atoms in total. The van der Waals surface area contributed by atoms with Gasteiger partial charge in [-0.05, 0) is 18.4 Å². The van der Waals surface area contributed by atoms with Gasteiger partial charge in [0, 0.05) is 17.7 Å². The number of hydrazine groups is 1. The van der Waals surface area contributed by atoms with E-state index >= 15 is 0 Å². The van der Waals surface area contributed by atoms with Crippen LogP contribution in [0.5, 0.6) is 5.75 Å². The highest BCUT2D eigenvalue weighted by Crippen LogP contribution is 2.25. The fourth-order valence-electron chi connectivity index (χ4n) is 1.67. The van der Waals surface area contributed by atoms with E-state index in [9.17, 15) is 4.39 Å². The van der Waals surface area contributed by atoms with Crippen molar-refractivity contribution in [1.29, 1.82) is 0 Å². The number of halogens is 1. The van der Waals surface area contributed by atoms with Gasteiger partial charge in [-0.3, -0.25) is 11.3 Å². The molecule has 0 aromatic heterocycles. The summed E-state index contributed by atoms with van der Waals surface area (Å²) in [6.07, 6.45) is 0.791. The van der Waals surface area contributed by atoms with Crippen molar-refractivity contribution in [3.8, 4) is 5.75 Å². The van der Waals surface area contributed by atoms with E-state index in [1.165, 1.54) is 13.2 Å². The van der Waals surface area contributed by atoms with Crippen LogP contribution in [0.2, 0.25) is 0 Å². The van der Waals surface area contributed by atoms with Crippen LogP contribution >= 0.6 is 0 Å². The highest BCUT2D eigenvalue weighted by Gasteiger charge is 2.16. The first-order valence-corrected chi connectivity index (χ1v) is 5.38. The summed E-state index contributed by atoms with van der Waals surface area (Å²) in [5.74, 6) is 6.12. The van der Waals surface area contributed by atoms with Gasteiger partial charge in [-0.25, -0.2) is 4.39 Å². The lowest BCUT2D eigenvalue weighted by molar-refractivity contribution is 0.402. The van der Waals surface area contributed by atoms with Gasteiger partial charge >= 0.3 is 0 Å². The monoisotopic (exact) mass is 226 g/mol. The maximum absolute atomic E-state index is 13.7. The van der Waals surface area contributed by atoms with Crippen molar-refractivity contribution in [2.24, 2.45) is 11.8 Å². The molecular weight excluding hydrogens is 207 g/mol. The molecule has 0 aliphatic rings. The van der Waals surface area contributed by atoms with Crippen LogP contribution in [0.1, 0.15) is 31.9 Å². The SMILES string of the molecule is COc1ccc(C(CC(C)C)NN)c(F)c1. The van der Waals surface area contributed by atoms with E-state index in [4.69, 9.17) is 10.6 Å². The second-order valence-corrected chi connectivity index (χ2v) is 4.24. The third kappa shape index (κ3) is 3.18. The van der Waals surface area contributed by atoms with Crippen LogP contribution in [0, 0.1) is 11.7 Å². The van der Waals surface area contributed by atoms with Crippen molar-refractivity contribution in [3.05, 3.63) is 29.6 Å². The first-order valence-electron chi connectivity index (χ1n) is 5.38. The summed E-state index contributed by atoms with van der Waals surface area (Å²) in [6, 6.07) is 4.66. The molecule has 1 rings (SSSR count). The van der Waals surface area contributed by atoms with Gasteiger partial charge < -0.3 is 4.74 Å². The third-order valence-corrected chi connectivity index (χ3v) is 2.49. The number of nitrogens with one attached hydrogen (secondary N) is 1. The number of hydrogen-bond donors (Lipinski definition) is 2. The number of rotatable bonds is 5. The molecule has 0 heterocycles. The normalized spacial score (nSPS) is 12.9. The van der Waals surface area contributed by atoms with Crippen LogP contribution in [0.15, 0.2) is 18.2 Å². The quantitative estimate of drug-likeness (QED) is 0.598. The molecule has 0 spiro atoms. The minimum absolute atomic E-state index is 0.161. The number of benzene rings is 1. The van der Waals surface area contributed by atoms with Crippen molar-refractivity contribution < 1.29 is 9.13 Å². The van der Waals surface area contributed by atoms with Crippen LogP contribution in [0.25, 0.3) is 0 Å². The van der Waals surface area contributed by atoms with E-state index in [1.807, 2.05) is 0 Å². The Bertz CT molecular complexity index is 342. The smallest absolute Gasteiger partial charge is 0.131 e. The topological polar surface area (TPSA) is 47.3 Å². The summed E-state index contributed by atoms with van der Waals surface area (Å²) in [6.45, 7) is 4.15. The van der Waals surface area contributed by atoms with Crippen LogP contribution in [0.3, 0.4) is 0 Å². The zero-order valence-electron chi connectivity index (χ0n) is 9.96. The highest BCUT2D eigenvalue weighted by molar-refractivity contribution is 5.30. The van der Waals surface area contributed by atoms with Gasteiger partial charge in [-0.15, -0.1) is 0 Å². The molecular formula is C12H19FN2O. The Labute approximate surface area is 95.8 Å². The molecule has 1 unspecified atom stereocenters. The summed E-state index contributed by atoms with van der Waals surface area (Å²) in [5.41, 5.74) is 3.23. The molecule has 0 aliphatic carbocycles. The van der Waals surface area contributed by atoms with Crippen LogP contribution in [-0.4, -0.2) is 7.11 Å². The number of nitrogens with two attached hydrogens (primary N) is 1. The molecule has 90 valence electrons. The Balaban J connectivity index is 2.92. The molecule has 0 fully saturated rings. The number of methoxy groups -OCH3 is 1. The fourth-order valence-corrected chi connectivity index (χ4v) is 1.67. The zero-order valence-corrected chi connectivity index (χ0v) is 9.96. The Hall–Kier alpha value is -1.13. The largest absolute Gasteiger partial charge is 0.497 e. The second kappa shape index (κ2) is 5.82. The average Bonchev–Trinajstić information content (AvgIpc) is 2.25. The Kier molecular flexibility index (Phi) is 4.71. The van der Waals surface area contributed by atoms with Crippen LogP contribution < -0.4 is 16.0 Å². The molecule has 3 N–H and O–H groups in total. The maximum Gasteiger partial charge on any atom is 0.131 e. The minimum Gasteiger partial charge on any atom is -0.497 e. The second-order valence-electron chi connectivity index (χ2n) is 4.24. The van der Waals surface area contributed by atoms with E-state index in [0.717, 1.165) is 6.42 Å². The summed E-state index contributed by atoms with van der Waals surface area (Å²) in [5, 5.41) is 0. The molecule has 4 heteroatoms. The van der Waals surface area contributed by atoms with E-state index in [2.05, 4.69) is 19.3 Å². The summed E-state index contributed by atoms with van der Waals surface area (Å²) in [7, 11) is 1.52. The lowest BCUT2D eigenvalue weighted by atomic mass is 9.97. The van der Waals surface area contributed by atoms with Crippen molar-refractivity contribution >= 4 is 0 Å². The Morgan fingerprint density at radius 3 is 2.56 bits per heavy atom. The summed E-state index contributed by atoms with van der Waals surface area (Å²) >= 11 is 0. The molecule has 1 atom stereocenters. The highest BCUT2D eigenvalue weighted by atomic mass is 19.1. The molecule has 16 heavy (non-hydrogen) atoms. The molecule has 0 bridgehead atoms. The van der Waals surface area contributed by atoms with Gasteiger partial charge in [-0.2, -0.15) is 0 Å². The lowest BCUT2D eigenvalue weighted by Gasteiger charge is -2.19. The zero-order chi connectivity index (χ0) is 12.1. The average molecular weight is 226 g/mol. The molecule has 0 saturated carbocycles. The fraction of sp³-hybridized carbons (Fsp3) is 0.500. The van der Waals surface area contributed by atoms with Crippen LogP contribution in [0.4, 0.5) is 4.39 Å². The van der Waals surface area contributed by atoms with E-state index in [0.29, 0.717) is 17.2 Å². The standard InChI is InChI=1S/C12H19FN2O/c1-8(2)6-12(15-14)10-5-4-9(16-3)7-11(10)13/h4-5,7-8,12,15H,6,14H2,1-3H3. The van der Waals surface area contributed by atoms with Gasteiger partial charge in [0.1, 0.15) is 11.6 Å². The first kappa shape index (κ1) is 12.9. The van der Waals surface area contributed by atoms with Gasteiger partial charge in [0.2, 0.25) is 0 Å². The first-order chi connectivity index (χ1) is 7.58. The van der Waals surface area contributed by atoms with Gasteiger partial charge in [0.25, 0.3) is 0 Å². The number of ether oxygens (including phenoxy) is 1. The van der Waals surface area contributed by atoms with E-state index in [-0.39, 0.29) is 11.9 Å². The summed E-state index contributed by atoms with van der Waals surface area (Å²) in [4.78, 5) is 0. The number of hydrogen-bond acceptors (Lipinski definition) is 3. The van der Waals surface area contributed by atoms with Gasteiger partial charge in [-0.1, -0.05) is 19.9 Å². The Morgan fingerprint density at radius 2 is 2.12 bits per heavy atom. The van der Waals surface area contributed by atoms with Gasteiger partial charge in [0.05, 0.1) is 7.11 Å². The van der Waals surface area contributed by atoms with Crippen molar-refractivity contribution in [1.82, 2.24) is 5.43 Å². The molecule has 0 amide bonds. The molecule has 1 aromatic rings.